The van der Waals surface area contributed by atoms with Crippen molar-refractivity contribution in [2.45, 2.75) is 53.0 Å². The highest BCUT2D eigenvalue weighted by atomic mass is 14.9. The summed E-state index contributed by atoms with van der Waals surface area (Å²) in [6, 6.07) is 7.12. The monoisotopic (exact) mass is 219 g/mol. The number of benzene rings is 1. The number of hydrogen-bond acceptors (Lipinski definition) is 1. The molecule has 1 aromatic rings. The van der Waals surface area contributed by atoms with Crippen molar-refractivity contribution in [1.82, 2.24) is 5.32 Å². The number of nitrogens with one attached hydrogen (secondary N) is 1. The Bertz CT molecular complexity index is 297. The van der Waals surface area contributed by atoms with Gasteiger partial charge in [-0.15, -0.1) is 0 Å². The zero-order valence-corrected chi connectivity index (χ0v) is 11.1. The predicted molar refractivity (Wildman–Crippen MR) is 71.9 cm³/mol. The minimum absolute atomic E-state index is 0.533. The van der Waals surface area contributed by atoms with Gasteiger partial charge >= 0.3 is 0 Å². The molecule has 0 aromatic heterocycles. The van der Waals surface area contributed by atoms with Crippen LogP contribution < -0.4 is 5.32 Å². The SMILES string of the molecule is CCCNC(CCC)c1c(C)cccc1C. The van der Waals surface area contributed by atoms with E-state index in [0.717, 1.165) is 6.54 Å². The summed E-state index contributed by atoms with van der Waals surface area (Å²) in [7, 11) is 0. The van der Waals surface area contributed by atoms with Crippen molar-refractivity contribution in [3.63, 3.8) is 0 Å². The van der Waals surface area contributed by atoms with E-state index in [1.165, 1.54) is 36.0 Å². The molecular weight excluding hydrogens is 194 g/mol. The van der Waals surface area contributed by atoms with Crippen LogP contribution in [0, 0.1) is 13.8 Å². The second kappa shape index (κ2) is 6.70. The highest BCUT2D eigenvalue weighted by molar-refractivity contribution is 5.36. The summed E-state index contributed by atoms with van der Waals surface area (Å²) < 4.78 is 0. The lowest BCUT2D eigenvalue weighted by atomic mass is 9.93. The van der Waals surface area contributed by atoms with Gasteiger partial charge in [-0.05, 0) is 49.9 Å². The van der Waals surface area contributed by atoms with E-state index in [-0.39, 0.29) is 0 Å². The van der Waals surface area contributed by atoms with E-state index in [0.29, 0.717) is 6.04 Å². The lowest BCUT2D eigenvalue weighted by Crippen LogP contribution is -2.23. The van der Waals surface area contributed by atoms with Crippen LogP contribution in [0.2, 0.25) is 0 Å². The van der Waals surface area contributed by atoms with Crippen molar-refractivity contribution < 1.29 is 0 Å². The average molecular weight is 219 g/mol. The van der Waals surface area contributed by atoms with Gasteiger partial charge in [0.2, 0.25) is 0 Å². The third-order valence-electron chi connectivity index (χ3n) is 3.11. The molecule has 1 unspecified atom stereocenters. The Hall–Kier alpha value is -0.820. The van der Waals surface area contributed by atoms with Gasteiger partial charge in [0.25, 0.3) is 0 Å². The van der Waals surface area contributed by atoms with Gasteiger partial charge in [-0.3, -0.25) is 0 Å². The van der Waals surface area contributed by atoms with E-state index in [9.17, 15) is 0 Å². The van der Waals surface area contributed by atoms with Crippen LogP contribution in [-0.4, -0.2) is 6.54 Å². The Morgan fingerprint density at radius 3 is 2.19 bits per heavy atom. The Morgan fingerprint density at radius 1 is 1.06 bits per heavy atom. The second-order valence-electron chi connectivity index (χ2n) is 4.60. The molecule has 1 atom stereocenters. The fourth-order valence-corrected chi connectivity index (χ4v) is 2.33. The number of rotatable bonds is 6. The van der Waals surface area contributed by atoms with Gasteiger partial charge in [0, 0.05) is 6.04 Å². The van der Waals surface area contributed by atoms with Crippen LogP contribution in [-0.2, 0) is 0 Å². The molecule has 0 amide bonds. The van der Waals surface area contributed by atoms with Gasteiger partial charge in [0.15, 0.2) is 0 Å². The molecule has 1 heteroatoms. The van der Waals surface area contributed by atoms with Crippen LogP contribution in [0.5, 0.6) is 0 Å². The predicted octanol–water partition coefficient (Wildman–Crippen LogP) is 4.14. The summed E-state index contributed by atoms with van der Waals surface area (Å²) >= 11 is 0. The molecule has 0 aliphatic carbocycles. The summed E-state index contributed by atoms with van der Waals surface area (Å²) in [5.41, 5.74) is 4.35. The van der Waals surface area contributed by atoms with Crippen molar-refractivity contribution in [3.8, 4) is 0 Å². The lowest BCUT2D eigenvalue weighted by molar-refractivity contribution is 0.490. The molecule has 0 saturated carbocycles. The average Bonchev–Trinajstić information content (AvgIpc) is 2.25. The smallest absolute Gasteiger partial charge is 0.0325 e. The lowest BCUT2D eigenvalue weighted by Gasteiger charge is -2.22. The number of aryl methyl sites for hydroxylation is 2. The van der Waals surface area contributed by atoms with Gasteiger partial charge in [-0.25, -0.2) is 0 Å². The van der Waals surface area contributed by atoms with Gasteiger partial charge in [0.1, 0.15) is 0 Å². The maximum atomic E-state index is 3.67. The Balaban J connectivity index is 2.90. The molecule has 0 bridgehead atoms. The maximum Gasteiger partial charge on any atom is 0.0325 e. The van der Waals surface area contributed by atoms with Gasteiger partial charge in [0.05, 0.1) is 0 Å². The van der Waals surface area contributed by atoms with Crippen molar-refractivity contribution in [1.29, 1.82) is 0 Å². The molecule has 0 aliphatic heterocycles. The number of hydrogen-bond donors (Lipinski definition) is 1. The van der Waals surface area contributed by atoms with Crippen LogP contribution >= 0.6 is 0 Å². The first-order valence-electron chi connectivity index (χ1n) is 6.50. The summed E-state index contributed by atoms with van der Waals surface area (Å²) in [5.74, 6) is 0. The summed E-state index contributed by atoms with van der Waals surface area (Å²) in [6.07, 6.45) is 3.66. The molecule has 0 aliphatic rings. The molecule has 16 heavy (non-hydrogen) atoms. The summed E-state index contributed by atoms with van der Waals surface area (Å²) in [6.45, 7) is 10.0. The fourth-order valence-electron chi connectivity index (χ4n) is 2.33. The van der Waals surface area contributed by atoms with Crippen LogP contribution in [0.3, 0.4) is 0 Å². The van der Waals surface area contributed by atoms with E-state index < -0.39 is 0 Å². The summed E-state index contributed by atoms with van der Waals surface area (Å²) in [5, 5.41) is 3.67. The third-order valence-corrected chi connectivity index (χ3v) is 3.11. The van der Waals surface area contributed by atoms with E-state index in [1.807, 2.05) is 0 Å². The largest absolute Gasteiger partial charge is 0.310 e. The molecule has 0 spiro atoms. The molecule has 1 N–H and O–H groups in total. The minimum atomic E-state index is 0.533. The molecule has 0 radical (unpaired) electrons. The maximum absolute atomic E-state index is 3.67. The van der Waals surface area contributed by atoms with Crippen molar-refractivity contribution in [2.24, 2.45) is 0 Å². The van der Waals surface area contributed by atoms with E-state index >= 15 is 0 Å². The van der Waals surface area contributed by atoms with Crippen molar-refractivity contribution >= 4 is 0 Å². The van der Waals surface area contributed by atoms with E-state index in [1.54, 1.807) is 0 Å². The molecular formula is C15H25N. The standard InChI is InChI=1S/C15H25N/c1-5-8-14(16-11-6-2)15-12(3)9-7-10-13(15)4/h7,9-10,14,16H,5-6,8,11H2,1-4H3. The highest BCUT2D eigenvalue weighted by Gasteiger charge is 2.13. The first-order valence-corrected chi connectivity index (χ1v) is 6.50. The quantitative estimate of drug-likeness (QED) is 0.758. The molecule has 0 saturated heterocycles. The fraction of sp³-hybridized carbons (Fsp3) is 0.600. The molecule has 1 rings (SSSR count). The van der Waals surface area contributed by atoms with Crippen LogP contribution in [0.4, 0.5) is 0 Å². The molecule has 1 nitrogen and oxygen atoms in total. The first-order chi connectivity index (χ1) is 7.70. The zero-order valence-electron chi connectivity index (χ0n) is 11.1. The molecule has 0 heterocycles. The van der Waals surface area contributed by atoms with E-state index in [2.05, 4.69) is 51.2 Å². The topological polar surface area (TPSA) is 12.0 Å². The first kappa shape index (κ1) is 13.2. The van der Waals surface area contributed by atoms with Crippen LogP contribution in [0.25, 0.3) is 0 Å². The molecule has 90 valence electrons. The van der Waals surface area contributed by atoms with Crippen LogP contribution in [0.1, 0.15) is 55.8 Å². The van der Waals surface area contributed by atoms with Gasteiger partial charge in [-0.1, -0.05) is 38.5 Å². The van der Waals surface area contributed by atoms with Crippen LogP contribution in [0.15, 0.2) is 18.2 Å². The summed E-state index contributed by atoms with van der Waals surface area (Å²) in [4.78, 5) is 0. The van der Waals surface area contributed by atoms with Crippen molar-refractivity contribution in [2.75, 3.05) is 6.54 Å². The van der Waals surface area contributed by atoms with Gasteiger partial charge in [-0.2, -0.15) is 0 Å². The minimum Gasteiger partial charge on any atom is -0.310 e. The molecule has 0 fully saturated rings. The normalized spacial score (nSPS) is 12.8. The Kier molecular flexibility index (Phi) is 5.54. The van der Waals surface area contributed by atoms with E-state index in [4.69, 9.17) is 0 Å². The molecule has 1 aromatic carbocycles. The second-order valence-corrected chi connectivity index (χ2v) is 4.60. The Morgan fingerprint density at radius 2 is 1.69 bits per heavy atom. The van der Waals surface area contributed by atoms with Crippen molar-refractivity contribution in [3.05, 3.63) is 34.9 Å². The highest BCUT2D eigenvalue weighted by Crippen LogP contribution is 2.25. The van der Waals surface area contributed by atoms with Gasteiger partial charge < -0.3 is 5.32 Å². The third kappa shape index (κ3) is 3.34. The zero-order chi connectivity index (χ0) is 12.0. The Labute approximate surface area is 100 Å².